The maximum Gasteiger partial charge on any atom is 0.0513 e. The van der Waals surface area contributed by atoms with Crippen LogP contribution in [0.2, 0.25) is 0 Å². The molecule has 0 aliphatic heterocycles. The first-order valence-corrected chi connectivity index (χ1v) is 14.8. The van der Waals surface area contributed by atoms with Crippen LogP contribution < -0.4 is 0 Å². The third-order valence-electron chi connectivity index (χ3n) is 8.42. The van der Waals surface area contributed by atoms with E-state index in [0.29, 0.717) is 0 Å². The van der Waals surface area contributed by atoms with Crippen molar-refractivity contribution in [1.82, 2.24) is 9.97 Å². The number of aromatic amines is 2. The lowest BCUT2D eigenvalue weighted by Crippen LogP contribution is -2.05. The first-order chi connectivity index (χ1) is 20.2. The predicted octanol–water partition coefficient (Wildman–Crippen LogP) is 10.5. The molecule has 8 rings (SSSR count). The maximum atomic E-state index is 3.84. The quantitative estimate of drug-likeness (QED) is 0.205. The molecule has 5 aromatic carbocycles. The Morgan fingerprint density at radius 1 is 0.610 bits per heavy atom. The zero-order valence-corrected chi connectivity index (χ0v) is 24.2. The minimum Gasteiger partial charge on any atom is -0.355 e. The number of rotatable bonds is 3. The van der Waals surface area contributed by atoms with Crippen molar-refractivity contribution in [1.29, 1.82) is 0 Å². The van der Waals surface area contributed by atoms with Crippen LogP contribution in [0.25, 0.3) is 44.6 Å². The Hall–Kier alpha value is -4.60. The van der Waals surface area contributed by atoms with Gasteiger partial charge in [-0.3, -0.25) is 0 Å². The van der Waals surface area contributed by atoms with Gasteiger partial charge in [-0.2, -0.15) is 0 Å². The number of nitrogens with one attached hydrogen (secondary N) is 2. The summed E-state index contributed by atoms with van der Waals surface area (Å²) >= 11 is 3.79. The fraction of sp³-hybridized carbons (Fsp3) is 0.0526. The molecule has 0 radical (unpaired) electrons. The summed E-state index contributed by atoms with van der Waals surface area (Å²) in [6.07, 6.45) is 2.34. The Morgan fingerprint density at radius 3 is 2.00 bits per heavy atom. The van der Waals surface area contributed by atoms with Crippen LogP contribution in [0.15, 0.2) is 126 Å². The topological polar surface area (TPSA) is 31.6 Å². The van der Waals surface area contributed by atoms with Crippen molar-refractivity contribution in [3.63, 3.8) is 0 Å². The van der Waals surface area contributed by atoms with Crippen LogP contribution in [-0.2, 0) is 0 Å². The van der Waals surface area contributed by atoms with Crippen molar-refractivity contribution >= 4 is 49.4 Å². The average Bonchev–Trinajstić information content (AvgIpc) is 3.52. The standard InChI is InChI=1S/C38H27BrN2/c1-23-15-20-27(31(39)21-23)25-16-18-26(19-17-25)35-36-28-11-5-7-13-32(28)40-34(36)22-30(24-9-3-2-4-10-24)38-37(35)29-12-6-8-14-33(29)41-38/h2-22,35,40-41H,1H3. The molecule has 2 nitrogen and oxygen atoms in total. The number of fused-ring (bicyclic) bond motifs is 6. The van der Waals surface area contributed by atoms with Crippen LogP contribution in [0.4, 0.5) is 0 Å². The average molecular weight is 592 g/mol. The zero-order chi connectivity index (χ0) is 27.5. The van der Waals surface area contributed by atoms with Crippen LogP contribution in [-0.4, -0.2) is 9.97 Å². The number of para-hydroxylation sites is 2. The van der Waals surface area contributed by atoms with E-state index in [9.17, 15) is 0 Å². The molecule has 0 saturated carbocycles. The van der Waals surface area contributed by atoms with E-state index in [2.05, 4.69) is 160 Å². The molecule has 0 spiro atoms. The van der Waals surface area contributed by atoms with E-state index >= 15 is 0 Å². The number of aryl methyl sites for hydroxylation is 1. The van der Waals surface area contributed by atoms with Gasteiger partial charge in [-0.25, -0.2) is 0 Å². The SMILES string of the molecule is Cc1ccc(-c2ccc(C3c4c([nH]c5ccccc45)C=C(c4ccccc4)c4[nH]c5ccccc5c43)cc2)c(Br)c1. The zero-order valence-electron chi connectivity index (χ0n) is 22.6. The van der Waals surface area contributed by atoms with Gasteiger partial charge in [0.05, 0.1) is 5.69 Å². The number of aromatic nitrogens is 2. The summed E-state index contributed by atoms with van der Waals surface area (Å²) in [5, 5.41) is 2.53. The second kappa shape index (κ2) is 9.50. The molecule has 0 fully saturated rings. The molecule has 1 aliphatic carbocycles. The Morgan fingerprint density at radius 2 is 1.27 bits per heavy atom. The molecule has 0 bridgehead atoms. The normalized spacial score (nSPS) is 14.5. The molecule has 1 unspecified atom stereocenters. The lowest BCUT2D eigenvalue weighted by molar-refractivity contribution is 0.992. The molecule has 1 atom stereocenters. The molecular formula is C38H27BrN2. The summed E-state index contributed by atoms with van der Waals surface area (Å²) in [5.41, 5.74) is 14.6. The third kappa shape index (κ3) is 3.92. The van der Waals surface area contributed by atoms with Crippen LogP contribution >= 0.6 is 15.9 Å². The molecule has 3 heteroatoms. The third-order valence-corrected chi connectivity index (χ3v) is 9.08. The van der Waals surface area contributed by atoms with Gasteiger partial charge >= 0.3 is 0 Å². The van der Waals surface area contributed by atoms with E-state index in [1.807, 2.05) is 0 Å². The Bertz CT molecular complexity index is 2110. The largest absolute Gasteiger partial charge is 0.355 e. The van der Waals surface area contributed by atoms with Crippen LogP contribution in [0.5, 0.6) is 0 Å². The smallest absolute Gasteiger partial charge is 0.0513 e. The van der Waals surface area contributed by atoms with Crippen LogP contribution in [0.1, 0.15) is 45.1 Å². The lowest BCUT2D eigenvalue weighted by atomic mass is 9.82. The molecule has 0 amide bonds. The van der Waals surface area contributed by atoms with Gasteiger partial charge in [0.15, 0.2) is 0 Å². The summed E-state index contributed by atoms with van der Waals surface area (Å²) in [6.45, 7) is 2.12. The highest BCUT2D eigenvalue weighted by Crippen LogP contribution is 2.48. The predicted molar refractivity (Wildman–Crippen MR) is 175 cm³/mol. The summed E-state index contributed by atoms with van der Waals surface area (Å²) in [6, 6.07) is 43.9. The summed E-state index contributed by atoms with van der Waals surface area (Å²) in [5.74, 6) is 0.0419. The molecule has 2 aromatic heterocycles. The lowest BCUT2D eigenvalue weighted by Gasteiger charge is -2.20. The van der Waals surface area contributed by atoms with Gasteiger partial charge < -0.3 is 9.97 Å². The van der Waals surface area contributed by atoms with Gasteiger partial charge in [0, 0.05) is 43.5 Å². The molecular weight excluding hydrogens is 564 g/mol. The van der Waals surface area contributed by atoms with Crippen molar-refractivity contribution in [2.24, 2.45) is 0 Å². The van der Waals surface area contributed by atoms with Gasteiger partial charge in [-0.15, -0.1) is 0 Å². The molecule has 0 saturated heterocycles. The number of hydrogen-bond acceptors (Lipinski definition) is 0. The van der Waals surface area contributed by atoms with Crippen molar-refractivity contribution < 1.29 is 0 Å². The molecule has 2 N–H and O–H groups in total. The van der Waals surface area contributed by atoms with Crippen LogP contribution in [0, 0.1) is 6.92 Å². The van der Waals surface area contributed by atoms with Crippen molar-refractivity contribution in [3.05, 3.63) is 165 Å². The van der Waals surface area contributed by atoms with E-state index in [0.717, 1.165) is 21.2 Å². The fourth-order valence-electron chi connectivity index (χ4n) is 6.53. The van der Waals surface area contributed by atoms with Gasteiger partial charge in [-0.05, 0) is 70.1 Å². The summed E-state index contributed by atoms with van der Waals surface area (Å²) in [7, 11) is 0. The highest BCUT2D eigenvalue weighted by atomic mass is 79.9. The Balaban J connectivity index is 1.42. The first-order valence-electron chi connectivity index (χ1n) is 14.0. The van der Waals surface area contributed by atoms with E-state index in [1.54, 1.807) is 0 Å². The summed E-state index contributed by atoms with van der Waals surface area (Å²) < 4.78 is 1.12. The van der Waals surface area contributed by atoms with E-state index in [4.69, 9.17) is 0 Å². The van der Waals surface area contributed by atoms with Crippen molar-refractivity contribution in [2.45, 2.75) is 12.8 Å². The number of H-pyrrole nitrogens is 2. The van der Waals surface area contributed by atoms with Gasteiger partial charge in [0.1, 0.15) is 0 Å². The molecule has 196 valence electrons. The highest BCUT2D eigenvalue weighted by molar-refractivity contribution is 9.10. The van der Waals surface area contributed by atoms with E-state index in [-0.39, 0.29) is 5.92 Å². The minimum atomic E-state index is 0.0419. The van der Waals surface area contributed by atoms with Crippen molar-refractivity contribution in [3.8, 4) is 11.1 Å². The number of hydrogen-bond donors (Lipinski definition) is 2. The fourth-order valence-corrected chi connectivity index (χ4v) is 7.26. The maximum absolute atomic E-state index is 3.84. The Labute approximate surface area is 247 Å². The molecule has 2 heterocycles. The molecule has 7 aromatic rings. The first kappa shape index (κ1) is 24.2. The van der Waals surface area contributed by atoms with E-state index < -0.39 is 0 Å². The second-order valence-electron chi connectivity index (χ2n) is 10.9. The van der Waals surface area contributed by atoms with Crippen molar-refractivity contribution in [2.75, 3.05) is 0 Å². The Kier molecular flexibility index (Phi) is 5.61. The molecule has 1 aliphatic rings. The molecule has 41 heavy (non-hydrogen) atoms. The van der Waals surface area contributed by atoms with Crippen LogP contribution in [0.3, 0.4) is 0 Å². The van der Waals surface area contributed by atoms with Gasteiger partial charge in [0.25, 0.3) is 0 Å². The van der Waals surface area contributed by atoms with Gasteiger partial charge in [0.2, 0.25) is 0 Å². The monoisotopic (exact) mass is 590 g/mol. The number of benzene rings is 5. The second-order valence-corrected chi connectivity index (χ2v) is 11.8. The van der Waals surface area contributed by atoms with Gasteiger partial charge in [-0.1, -0.05) is 119 Å². The summed E-state index contributed by atoms with van der Waals surface area (Å²) in [4.78, 5) is 7.62. The van der Waals surface area contributed by atoms with E-state index in [1.165, 1.54) is 61.0 Å². The highest BCUT2D eigenvalue weighted by Gasteiger charge is 2.32. The number of halogens is 1. The minimum absolute atomic E-state index is 0.0419.